The molecule has 2 aromatic heterocycles. The Morgan fingerprint density at radius 2 is 2.17 bits per heavy atom. The number of thiophene rings is 1. The van der Waals surface area contributed by atoms with E-state index in [1.807, 2.05) is 17.5 Å². The highest BCUT2D eigenvalue weighted by Crippen LogP contribution is 2.25. The zero-order valence-electron chi connectivity index (χ0n) is 14.2. The maximum Gasteiger partial charge on any atom is 0.272 e. The van der Waals surface area contributed by atoms with Crippen LogP contribution in [-0.4, -0.2) is 29.4 Å². The van der Waals surface area contributed by atoms with Crippen LogP contribution in [0.15, 0.2) is 34.4 Å². The molecule has 0 saturated carbocycles. The maximum absolute atomic E-state index is 12.6. The highest BCUT2D eigenvalue weighted by molar-refractivity contribution is 7.10. The molecular weight excluding hydrogens is 326 g/mol. The van der Waals surface area contributed by atoms with E-state index in [0.29, 0.717) is 19.1 Å². The highest BCUT2D eigenvalue weighted by atomic mass is 32.1. The van der Waals surface area contributed by atoms with Gasteiger partial charge < -0.3 is 10.1 Å². The molecule has 0 bridgehead atoms. The van der Waals surface area contributed by atoms with E-state index in [0.717, 1.165) is 11.3 Å². The lowest BCUT2D eigenvalue weighted by Crippen LogP contribution is -2.33. The Labute approximate surface area is 145 Å². The lowest BCUT2D eigenvalue weighted by molar-refractivity contribution is 0.0924. The molecule has 130 valence electrons. The molecule has 0 aliphatic rings. The van der Waals surface area contributed by atoms with Crippen molar-refractivity contribution in [3.63, 3.8) is 0 Å². The molecule has 0 aliphatic carbocycles. The third-order valence-electron chi connectivity index (χ3n) is 3.51. The number of hydrogen-bond acceptors (Lipinski definition) is 5. The van der Waals surface area contributed by atoms with Crippen molar-refractivity contribution in [2.45, 2.75) is 32.9 Å². The average Bonchev–Trinajstić information content (AvgIpc) is 3.07. The summed E-state index contributed by atoms with van der Waals surface area (Å²) in [4.78, 5) is 25.4. The molecule has 2 rings (SSSR count). The second-order valence-electron chi connectivity index (χ2n) is 5.94. The molecule has 0 spiro atoms. The lowest BCUT2D eigenvalue weighted by atomic mass is 10.0. The zero-order valence-corrected chi connectivity index (χ0v) is 15.0. The minimum absolute atomic E-state index is 0.0568. The van der Waals surface area contributed by atoms with Crippen LogP contribution in [0, 0.1) is 5.92 Å². The molecule has 0 aliphatic heterocycles. The van der Waals surface area contributed by atoms with E-state index in [1.54, 1.807) is 18.4 Å². The molecule has 0 saturated heterocycles. The van der Waals surface area contributed by atoms with Gasteiger partial charge in [0.05, 0.1) is 19.2 Å². The van der Waals surface area contributed by atoms with E-state index in [4.69, 9.17) is 4.74 Å². The largest absolute Gasteiger partial charge is 0.383 e. The summed E-state index contributed by atoms with van der Waals surface area (Å²) in [6.07, 6.45) is 0.843. The third-order valence-corrected chi connectivity index (χ3v) is 4.49. The van der Waals surface area contributed by atoms with E-state index in [1.165, 1.54) is 16.8 Å². The first-order valence-electron chi connectivity index (χ1n) is 7.92. The van der Waals surface area contributed by atoms with Gasteiger partial charge in [-0.25, -0.2) is 4.68 Å². The fraction of sp³-hybridized carbons (Fsp3) is 0.471. The van der Waals surface area contributed by atoms with Crippen LogP contribution in [0.3, 0.4) is 0 Å². The summed E-state index contributed by atoms with van der Waals surface area (Å²) in [5.41, 5.74) is -0.0170. The predicted octanol–water partition coefficient (Wildman–Crippen LogP) is 2.47. The van der Waals surface area contributed by atoms with Gasteiger partial charge in [0, 0.05) is 18.1 Å². The second-order valence-corrected chi connectivity index (χ2v) is 6.92. The van der Waals surface area contributed by atoms with E-state index < -0.39 is 0 Å². The molecular formula is C17H23N3O3S. The second kappa shape index (κ2) is 8.75. The van der Waals surface area contributed by atoms with Gasteiger partial charge in [-0.05, 0) is 29.9 Å². The van der Waals surface area contributed by atoms with Crippen LogP contribution >= 0.6 is 11.3 Å². The van der Waals surface area contributed by atoms with Gasteiger partial charge in [0.15, 0.2) is 0 Å². The Hall–Kier alpha value is -1.99. The van der Waals surface area contributed by atoms with Crippen LogP contribution in [0.2, 0.25) is 0 Å². The smallest absolute Gasteiger partial charge is 0.272 e. The molecule has 0 radical (unpaired) electrons. The van der Waals surface area contributed by atoms with Crippen molar-refractivity contribution in [3.8, 4) is 0 Å². The van der Waals surface area contributed by atoms with Crippen molar-refractivity contribution in [3.05, 3.63) is 50.6 Å². The monoisotopic (exact) mass is 349 g/mol. The van der Waals surface area contributed by atoms with Gasteiger partial charge in [-0.2, -0.15) is 5.10 Å². The number of methoxy groups -OCH3 is 1. The lowest BCUT2D eigenvalue weighted by Gasteiger charge is -2.19. The number of carbonyl (C=O) groups is 1. The summed E-state index contributed by atoms with van der Waals surface area (Å²) < 4.78 is 6.21. The van der Waals surface area contributed by atoms with Crippen molar-refractivity contribution >= 4 is 17.2 Å². The molecule has 1 amide bonds. The Balaban J connectivity index is 2.16. The van der Waals surface area contributed by atoms with Gasteiger partial charge in [0.2, 0.25) is 0 Å². The topological polar surface area (TPSA) is 73.2 Å². The van der Waals surface area contributed by atoms with Gasteiger partial charge >= 0.3 is 0 Å². The van der Waals surface area contributed by atoms with Gasteiger partial charge in [0.25, 0.3) is 11.5 Å². The minimum Gasteiger partial charge on any atom is -0.383 e. The first kappa shape index (κ1) is 18.4. The summed E-state index contributed by atoms with van der Waals surface area (Å²) in [6, 6.07) is 6.76. The molecule has 0 fully saturated rings. The van der Waals surface area contributed by atoms with Crippen LogP contribution in [0.4, 0.5) is 0 Å². The molecule has 2 heterocycles. The quantitative estimate of drug-likeness (QED) is 0.794. The van der Waals surface area contributed by atoms with Crippen LogP contribution in [0.5, 0.6) is 0 Å². The molecule has 1 N–H and O–H groups in total. The Kier molecular flexibility index (Phi) is 6.69. The molecule has 1 unspecified atom stereocenters. The molecule has 2 aromatic rings. The number of ether oxygens (including phenoxy) is 1. The average molecular weight is 349 g/mol. The van der Waals surface area contributed by atoms with Crippen molar-refractivity contribution in [2.75, 3.05) is 13.7 Å². The number of rotatable bonds is 8. The van der Waals surface area contributed by atoms with E-state index >= 15 is 0 Å². The zero-order chi connectivity index (χ0) is 17.5. The Bertz CT molecular complexity index is 710. The number of amides is 1. The van der Waals surface area contributed by atoms with Crippen LogP contribution < -0.4 is 10.9 Å². The normalized spacial score (nSPS) is 12.3. The summed E-state index contributed by atoms with van der Waals surface area (Å²) in [6.45, 7) is 4.92. The van der Waals surface area contributed by atoms with Crippen LogP contribution in [0.25, 0.3) is 0 Å². The van der Waals surface area contributed by atoms with Gasteiger partial charge in [-0.1, -0.05) is 19.9 Å². The predicted molar refractivity (Wildman–Crippen MR) is 94.4 cm³/mol. The molecule has 6 nitrogen and oxygen atoms in total. The van der Waals surface area contributed by atoms with Gasteiger partial charge in [-0.15, -0.1) is 11.3 Å². The van der Waals surface area contributed by atoms with Gasteiger partial charge in [0.1, 0.15) is 5.69 Å². The standard InChI is InChI=1S/C17H23N3O3S/c1-12(2)11-14(15-5-4-10-24-15)18-17(22)13-6-7-16(21)20(19-13)8-9-23-3/h4-7,10,12,14H,8-9,11H2,1-3H3,(H,18,22). The third kappa shape index (κ3) is 5.01. The van der Waals surface area contributed by atoms with Crippen molar-refractivity contribution in [1.82, 2.24) is 15.1 Å². The fourth-order valence-corrected chi connectivity index (χ4v) is 3.14. The Morgan fingerprint density at radius 3 is 2.79 bits per heavy atom. The molecule has 24 heavy (non-hydrogen) atoms. The first-order valence-corrected chi connectivity index (χ1v) is 8.80. The van der Waals surface area contributed by atoms with Crippen molar-refractivity contribution < 1.29 is 9.53 Å². The summed E-state index contributed by atoms with van der Waals surface area (Å²) in [7, 11) is 1.55. The van der Waals surface area contributed by atoms with Gasteiger partial charge in [-0.3, -0.25) is 9.59 Å². The maximum atomic E-state index is 12.6. The number of aromatic nitrogens is 2. The fourth-order valence-electron chi connectivity index (χ4n) is 2.35. The van der Waals surface area contributed by atoms with Crippen molar-refractivity contribution in [1.29, 1.82) is 0 Å². The molecule has 0 aromatic carbocycles. The summed E-state index contributed by atoms with van der Waals surface area (Å²) in [5, 5.41) is 9.17. The van der Waals surface area contributed by atoms with E-state index in [2.05, 4.69) is 24.3 Å². The minimum atomic E-state index is -0.278. The number of nitrogens with one attached hydrogen (secondary N) is 1. The first-order chi connectivity index (χ1) is 11.5. The SMILES string of the molecule is COCCn1nc(C(=O)NC(CC(C)C)c2cccs2)ccc1=O. The highest BCUT2D eigenvalue weighted by Gasteiger charge is 2.19. The number of carbonyl (C=O) groups excluding carboxylic acids is 1. The van der Waals surface area contributed by atoms with Crippen LogP contribution in [-0.2, 0) is 11.3 Å². The molecule has 1 atom stereocenters. The van der Waals surface area contributed by atoms with E-state index in [9.17, 15) is 9.59 Å². The summed E-state index contributed by atoms with van der Waals surface area (Å²) in [5.74, 6) is 0.168. The number of hydrogen-bond donors (Lipinski definition) is 1. The van der Waals surface area contributed by atoms with E-state index in [-0.39, 0.29) is 23.2 Å². The Morgan fingerprint density at radius 1 is 1.38 bits per heavy atom. The van der Waals surface area contributed by atoms with Crippen molar-refractivity contribution in [2.24, 2.45) is 5.92 Å². The summed E-state index contributed by atoms with van der Waals surface area (Å²) >= 11 is 1.62. The molecule has 7 heteroatoms. The van der Waals surface area contributed by atoms with Crippen LogP contribution in [0.1, 0.15) is 41.7 Å². The number of nitrogens with zero attached hydrogens (tertiary/aromatic N) is 2.